The van der Waals surface area contributed by atoms with Crippen LogP contribution in [0, 0.1) is 5.92 Å². The van der Waals surface area contributed by atoms with E-state index < -0.39 is 0 Å². The highest BCUT2D eigenvalue weighted by atomic mass is 35.5. The molecule has 0 aliphatic carbocycles. The molecule has 1 aromatic rings. The molecule has 2 heteroatoms. The van der Waals surface area contributed by atoms with E-state index in [1.807, 2.05) is 12.1 Å². The molecule has 1 atom stereocenters. The molecule has 0 N–H and O–H groups in total. The van der Waals surface area contributed by atoms with Crippen LogP contribution in [0.3, 0.4) is 0 Å². The van der Waals surface area contributed by atoms with Crippen LogP contribution in [0.25, 0.3) is 0 Å². The second-order valence-electron chi connectivity index (χ2n) is 4.62. The minimum absolute atomic E-state index is 0.700. The highest BCUT2D eigenvalue weighted by Crippen LogP contribution is 2.30. The SMILES string of the molecule is CC(C)C1CCCN1c1ccc(Cl)cc1. The van der Waals surface area contributed by atoms with Gasteiger partial charge in [-0.2, -0.15) is 0 Å². The lowest BCUT2D eigenvalue weighted by atomic mass is 10.0. The van der Waals surface area contributed by atoms with Crippen LogP contribution in [-0.2, 0) is 0 Å². The molecule has 1 nitrogen and oxygen atoms in total. The lowest BCUT2D eigenvalue weighted by Crippen LogP contribution is -2.33. The first-order chi connectivity index (χ1) is 7.18. The fourth-order valence-corrected chi connectivity index (χ4v) is 2.56. The third-order valence-corrected chi connectivity index (χ3v) is 3.48. The quantitative estimate of drug-likeness (QED) is 0.734. The predicted octanol–water partition coefficient (Wildman–Crippen LogP) is 3.96. The van der Waals surface area contributed by atoms with Crippen LogP contribution >= 0.6 is 11.6 Å². The average molecular weight is 224 g/mol. The van der Waals surface area contributed by atoms with E-state index >= 15 is 0 Å². The Morgan fingerprint density at radius 2 is 1.93 bits per heavy atom. The number of rotatable bonds is 2. The highest BCUT2D eigenvalue weighted by Gasteiger charge is 2.26. The summed E-state index contributed by atoms with van der Waals surface area (Å²) < 4.78 is 0. The summed E-state index contributed by atoms with van der Waals surface area (Å²) in [5, 5.41) is 0.819. The van der Waals surface area contributed by atoms with Crippen molar-refractivity contribution < 1.29 is 0 Å². The Morgan fingerprint density at radius 1 is 1.27 bits per heavy atom. The maximum absolute atomic E-state index is 5.90. The Hall–Kier alpha value is -0.690. The van der Waals surface area contributed by atoms with Crippen LogP contribution in [-0.4, -0.2) is 12.6 Å². The van der Waals surface area contributed by atoms with Crippen molar-refractivity contribution in [3.63, 3.8) is 0 Å². The van der Waals surface area contributed by atoms with Gasteiger partial charge in [0.15, 0.2) is 0 Å². The standard InChI is InChI=1S/C13H18ClN/c1-10(2)13-4-3-9-15(13)12-7-5-11(14)6-8-12/h5-8,10,13H,3-4,9H2,1-2H3. The first-order valence-electron chi connectivity index (χ1n) is 5.70. The molecule has 1 heterocycles. The number of hydrogen-bond donors (Lipinski definition) is 0. The number of nitrogens with zero attached hydrogens (tertiary/aromatic N) is 1. The zero-order valence-corrected chi connectivity index (χ0v) is 10.2. The van der Waals surface area contributed by atoms with Crippen molar-refractivity contribution >= 4 is 17.3 Å². The van der Waals surface area contributed by atoms with E-state index in [1.54, 1.807) is 0 Å². The van der Waals surface area contributed by atoms with Crippen LogP contribution in [0.4, 0.5) is 5.69 Å². The summed E-state index contributed by atoms with van der Waals surface area (Å²) in [7, 11) is 0. The molecule has 1 aliphatic rings. The van der Waals surface area contributed by atoms with Crippen LogP contribution < -0.4 is 4.90 Å². The van der Waals surface area contributed by atoms with Crippen molar-refractivity contribution in [3.05, 3.63) is 29.3 Å². The van der Waals surface area contributed by atoms with Crippen molar-refractivity contribution in [2.75, 3.05) is 11.4 Å². The smallest absolute Gasteiger partial charge is 0.0407 e. The first-order valence-corrected chi connectivity index (χ1v) is 6.08. The topological polar surface area (TPSA) is 3.24 Å². The molecular formula is C13H18ClN. The van der Waals surface area contributed by atoms with Gasteiger partial charge in [-0.05, 0) is 43.0 Å². The van der Waals surface area contributed by atoms with E-state index in [9.17, 15) is 0 Å². The molecule has 2 rings (SSSR count). The van der Waals surface area contributed by atoms with Crippen molar-refractivity contribution in [1.29, 1.82) is 0 Å². The van der Waals surface area contributed by atoms with Gasteiger partial charge in [-0.1, -0.05) is 25.4 Å². The molecule has 0 amide bonds. The van der Waals surface area contributed by atoms with Crippen molar-refractivity contribution in [2.24, 2.45) is 5.92 Å². The summed E-state index contributed by atoms with van der Waals surface area (Å²) in [5.74, 6) is 0.725. The van der Waals surface area contributed by atoms with E-state index in [4.69, 9.17) is 11.6 Å². The monoisotopic (exact) mass is 223 g/mol. The van der Waals surface area contributed by atoms with Gasteiger partial charge in [0.1, 0.15) is 0 Å². The molecule has 0 saturated carbocycles. The molecule has 1 aliphatic heterocycles. The Kier molecular flexibility index (Phi) is 3.20. The van der Waals surface area contributed by atoms with E-state index in [0.29, 0.717) is 6.04 Å². The number of anilines is 1. The predicted molar refractivity (Wildman–Crippen MR) is 66.7 cm³/mol. The van der Waals surface area contributed by atoms with Gasteiger partial charge < -0.3 is 4.90 Å². The zero-order valence-electron chi connectivity index (χ0n) is 9.41. The Labute approximate surface area is 97.0 Å². The van der Waals surface area contributed by atoms with Crippen LogP contribution in [0.1, 0.15) is 26.7 Å². The van der Waals surface area contributed by atoms with Gasteiger partial charge in [0, 0.05) is 23.3 Å². The second kappa shape index (κ2) is 4.44. The molecule has 0 aromatic heterocycles. The Balaban J connectivity index is 2.19. The van der Waals surface area contributed by atoms with E-state index in [2.05, 4.69) is 30.9 Å². The van der Waals surface area contributed by atoms with E-state index in [1.165, 1.54) is 25.1 Å². The Bertz CT molecular complexity index is 318. The van der Waals surface area contributed by atoms with Crippen molar-refractivity contribution in [2.45, 2.75) is 32.7 Å². The minimum atomic E-state index is 0.700. The van der Waals surface area contributed by atoms with Gasteiger partial charge in [-0.15, -0.1) is 0 Å². The highest BCUT2D eigenvalue weighted by molar-refractivity contribution is 6.30. The minimum Gasteiger partial charge on any atom is -0.368 e. The van der Waals surface area contributed by atoms with Gasteiger partial charge in [-0.3, -0.25) is 0 Å². The summed E-state index contributed by atoms with van der Waals surface area (Å²) >= 11 is 5.90. The fourth-order valence-electron chi connectivity index (χ4n) is 2.44. The van der Waals surface area contributed by atoms with E-state index in [-0.39, 0.29) is 0 Å². The number of benzene rings is 1. The van der Waals surface area contributed by atoms with Crippen molar-refractivity contribution in [1.82, 2.24) is 0 Å². The lowest BCUT2D eigenvalue weighted by molar-refractivity contribution is 0.492. The second-order valence-corrected chi connectivity index (χ2v) is 5.06. The normalized spacial score (nSPS) is 21.3. The molecule has 1 unspecified atom stereocenters. The summed E-state index contributed by atoms with van der Waals surface area (Å²) in [5.41, 5.74) is 1.32. The summed E-state index contributed by atoms with van der Waals surface area (Å²) in [6.07, 6.45) is 2.63. The summed E-state index contributed by atoms with van der Waals surface area (Å²) in [4.78, 5) is 2.51. The third-order valence-electron chi connectivity index (χ3n) is 3.23. The molecule has 1 aromatic carbocycles. The molecule has 0 radical (unpaired) electrons. The molecule has 0 bridgehead atoms. The molecular weight excluding hydrogens is 206 g/mol. The molecule has 0 spiro atoms. The van der Waals surface area contributed by atoms with Crippen LogP contribution in [0.2, 0.25) is 5.02 Å². The maximum atomic E-state index is 5.90. The van der Waals surface area contributed by atoms with Crippen molar-refractivity contribution in [3.8, 4) is 0 Å². The van der Waals surface area contributed by atoms with E-state index in [0.717, 1.165) is 10.9 Å². The largest absolute Gasteiger partial charge is 0.368 e. The van der Waals surface area contributed by atoms with Crippen LogP contribution in [0.15, 0.2) is 24.3 Å². The van der Waals surface area contributed by atoms with Gasteiger partial charge in [0.25, 0.3) is 0 Å². The maximum Gasteiger partial charge on any atom is 0.0407 e. The van der Waals surface area contributed by atoms with Gasteiger partial charge >= 0.3 is 0 Å². The molecule has 15 heavy (non-hydrogen) atoms. The lowest BCUT2D eigenvalue weighted by Gasteiger charge is -2.29. The molecule has 82 valence electrons. The van der Waals surface area contributed by atoms with Gasteiger partial charge in [0.05, 0.1) is 0 Å². The van der Waals surface area contributed by atoms with Crippen LogP contribution in [0.5, 0.6) is 0 Å². The first kappa shape index (κ1) is 10.8. The fraction of sp³-hybridized carbons (Fsp3) is 0.538. The number of hydrogen-bond acceptors (Lipinski definition) is 1. The van der Waals surface area contributed by atoms with Gasteiger partial charge in [0.2, 0.25) is 0 Å². The average Bonchev–Trinajstić information content (AvgIpc) is 2.67. The summed E-state index contributed by atoms with van der Waals surface area (Å²) in [6, 6.07) is 8.91. The summed E-state index contributed by atoms with van der Waals surface area (Å²) in [6.45, 7) is 5.79. The zero-order chi connectivity index (χ0) is 10.8. The third kappa shape index (κ3) is 2.28. The van der Waals surface area contributed by atoms with Gasteiger partial charge in [-0.25, -0.2) is 0 Å². The molecule has 1 fully saturated rings. The number of halogens is 1. The molecule has 1 saturated heterocycles. The Morgan fingerprint density at radius 3 is 2.53 bits per heavy atom.